The fourth-order valence-electron chi connectivity index (χ4n) is 3.30. The third-order valence-corrected chi connectivity index (χ3v) is 4.98. The summed E-state index contributed by atoms with van der Waals surface area (Å²) in [6.45, 7) is 4.89. The van der Waals surface area contributed by atoms with Gasteiger partial charge < -0.3 is 26.0 Å². The van der Waals surface area contributed by atoms with E-state index in [0.717, 1.165) is 35.2 Å². The van der Waals surface area contributed by atoms with E-state index in [1.165, 1.54) is 0 Å². The number of nitrogen functional groups attached to an aromatic ring is 1. The van der Waals surface area contributed by atoms with Gasteiger partial charge in [0.15, 0.2) is 0 Å². The van der Waals surface area contributed by atoms with Crippen LogP contribution in [0, 0.1) is 0 Å². The van der Waals surface area contributed by atoms with Crippen LogP contribution < -0.4 is 15.8 Å². The Bertz CT molecular complexity index is 1030. The summed E-state index contributed by atoms with van der Waals surface area (Å²) in [5, 5.41) is 22.8. The summed E-state index contributed by atoms with van der Waals surface area (Å²) in [6, 6.07) is 16.7. The average Bonchev–Trinajstić information content (AvgIpc) is 2.77. The van der Waals surface area contributed by atoms with Gasteiger partial charge in [-0.3, -0.25) is 0 Å². The molecule has 5 N–H and O–H groups in total. The molecule has 0 bridgehead atoms. The number of aromatic carboxylic acids is 1. The Morgan fingerprint density at radius 1 is 1.09 bits per heavy atom. The second-order valence-corrected chi connectivity index (χ2v) is 7.87. The molecule has 1 aromatic heterocycles. The number of carboxylic acid groups (broad SMARTS) is 1. The maximum atomic E-state index is 11.4. The number of hydrogen-bond acceptors (Lipinski definition) is 6. The number of ether oxygens (including phenoxy) is 1. The van der Waals surface area contributed by atoms with Crippen LogP contribution in [-0.2, 0) is 6.42 Å². The van der Waals surface area contributed by atoms with Crippen molar-refractivity contribution in [1.82, 2.24) is 10.3 Å². The molecule has 0 aliphatic carbocycles. The molecule has 1 heterocycles. The van der Waals surface area contributed by atoms with Crippen LogP contribution in [-0.4, -0.2) is 40.4 Å². The molecule has 0 fully saturated rings. The van der Waals surface area contributed by atoms with Crippen molar-refractivity contribution in [2.45, 2.75) is 32.5 Å². The lowest BCUT2D eigenvalue weighted by molar-refractivity contribution is 0.0690. The van der Waals surface area contributed by atoms with Crippen molar-refractivity contribution in [3.8, 4) is 16.9 Å². The Kier molecular flexibility index (Phi) is 7.81. The van der Waals surface area contributed by atoms with Crippen LogP contribution >= 0.6 is 0 Å². The van der Waals surface area contributed by atoms with Gasteiger partial charge >= 0.3 is 5.97 Å². The summed E-state index contributed by atoms with van der Waals surface area (Å²) >= 11 is 0. The number of aliphatic hydroxyl groups is 1. The average molecular weight is 436 g/mol. The minimum Gasteiger partial charge on any atom is -0.490 e. The van der Waals surface area contributed by atoms with Gasteiger partial charge in [0.1, 0.15) is 17.1 Å². The Morgan fingerprint density at radius 3 is 2.44 bits per heavy atom. The van der Waals surface area contributed by atoms with Crippen LogP contribution in [0.1, 0.15) is 41.4 Å². The molecule has 0 amide bonds. The van der Waals surface area contributed by atoms with Gasteiger partial charge in [-0.2, -0.15) is 0 Å². The van der Waals surface area contributed by atoms with Crippen molar-refractivity contribution in [1.29, 1.82) is 0 Å². The number of carboxylic acids is 1. The molecule has 3 rings (SSSR count). The van der Waals surface area contributed by atoms with Crippen LogP contribution in [0.3, 0.4) is 0 Å². The van der Waals surface area contributed by atoms with Gasteiger partial charge in [-0.25, -0.2) is 9.78 Å². The lowest BCUT2D eigenvalue weighted by atomic mass is 10.0. The molecule has 168 valence electrons. The third-order valence-electron chi connectivity index (χ3n) is 4.98. The number of aromatic nitrogens is 1. The maximum absolute atomic E-state index is 11.4. The first-order valence-corrected chi connectivity index (χ1v) is 10.6. The molecule has 0 saturated heterocycles. The van der Waals surface area contributed by atoms with Gasteiger partial charge in [0.2, 0.25) is 0 Å². The van der Waals surface area contributed by atoms with E-state index in [-0.39, 0.29) is 11.7 Å². The molecular weight excluding hydrogens is 406 g/mol. The van der Waals surface area contributed by atoms with Gasteiger partial charge in [0, 0.05) is 18.3 Å². The lowest BCUT2D eigenvalue weighted by Crippen LogP contribution is -2.23. The molecule has 0 unspecified atom stereocenters. The zero-order valence-corrected chi connectivity index (χ0v) is 18.3. The van der Waals surface area contributed by atoms with Gasteiger partial charge in [0.25, 0.3) is 0 Å². The third kappa shape index (κ3) is 6.29. The molecule has 0 saturated carbocycles. The fourth-order valence-corrected chi connectivity index (χ4v) is 3.30. The first-order chi connectivity index (χ1) is 15.3. The number of nitrogens with one attached hydrogen (secondary N) is 1. The zero-order valence-electron chi connectivity index (χ0n) is 18.3. The second-order valence-electron chi connectivity index (χ2n) is 7.87. The van der Waals surface area contributed by atoms with Crippen LogP contribution in [0.15, 0.2) is 60.8 Å². The van der Waals surface area contributed by atoms with E-state index in [9.17, 15) is 15.0 Å². The van der Waals surface area contributed by atoms with Gasteiger partial charge in [-0.05, 0) is 61.7 Å². The summed E-state index contributed by atoms with van der Waals surface area (Å²) in [5.41, 5.74) is 9.49. The monoisotopic (exact) mass is 435 g/mol. The number of anilines is 1. The Labute approximate surface area is 187 Å². The molecule has 0 spiro atoms. The Hall–Kier alpha value is -3.42. The molecule has 1 atom stereocenters. The largest absolute Gasteiger partial charge is 0.490 e. The molecule has 0 aliphatic rings. The standard InChI is InChI=1S/C25H29N3O4/c1-16(2)32-23-13-19(7-9-21(23)25(30)31)18-5-3-17(4-6-18)11-12-27-15-22(29)20-8-10-24(26)28-14-20/h3-10,13-14,16,22,27,29H,11-12,15H2,1-2H3,(H2,26,28)(H,30,31)/t22-/m0/s1. The van der Waals surface area contributed by atoms with Crippen molar-refractivity contribution >= 4 is 11.8 Å². The molecule has 0 radical (unpaired) electrons. The molecule has 7 heteroatoms. The highest BCUT2D eigenvalue weighted by molar-refractivity contribution is 5.92. The van der Waals surface area contributed by atoms with Crippen molar-refractivity contribution in [2.24, 2.45) is 0 Å². The highest BCUT2D eigenvalue weighted by Gasteiger charge is 2.14. The predicted molar refractivity (Wildman–Crippen MR) is 125 cm³/mol. The Balaban J connectivity index is 1.56. The molecule has 2 aromatic carbocycles. The van der Waals surface area contributed by atoms with Crippen LogP contribution in [0.25, 0.3) is 11.1 Å². The number of carbonyl (C=O) groups is 1. The number of nitrogens with zero attached hydrogens (tertiary/aromatic N) is 1. The zero-order chi connectivity index (χ0) is 23.1. The van der Waals surface area contributed by atoms with Crippen molar-refractivity contribution < 1.29 is 19.7 Å². The second kappa shape index (κ2) is 10.7. The van der Waals surface area contributed by atoms with Crippen molar-refractivity contribution in [3.05, 3.63) is 77.5 Å². The number of aliphatic hydroxyl groups excluding tert-OH is 1. The summed E-state index contributed by atoms with van der Waals surface area (Å²) in [6.07, 6.45) is 1.64. The molecule has 32 heavy (non-hydrogen) atoms. The van der Waals surface area contributed by atoms with E-state index < -0.39 is 12.1 Å². The number of benzene rings is 2. The van der Waals surface area contributed by atoms with Crippen molar-refractivity contribution in [2.75, 3.05) is 18.8 Å². The normalized spacial score (nSPS) is 12.0. The lowest BCUT2D eigenvalue weighted by Gasteiger charge is -2.14. The number of nitrogens with two attached hydrogens (primary N) is 1. The van der Waals surface area contributed by atoms with E-state index in [1.54, 1.807) is 36.5 Å². The minimum absolute atomic E-state index is 0.118. The smallest absolute Gasteiger partial charge is 0.339 e. The SMILES string of the molecule is CC(C)Oc1cc(-c2ccc(CCNC[C@H](O)c3ccc(N)nc3)cc2)ccc1C(=O)O. The molecular formula is C25H29N3O4. The van der Waals surface area contributed by atoms with E-state index >= 15 is 0 Å². The van der Waals surface area contributed by atoms with E-state index in [4.69, 9.17) is 10.5 Å². The van der Waals surface area contributed by atoms with Crippen LogP contribution in [0.5, 0.6) is 5.75 Å². The van der Waals surface area contributed by atoms with Crippen molar-refractivity contribution in [3.63, 3.8) is 0 Å². The highest BCUT2D eigenvalue weighted by Crippen LogP contribution is 2.28. The first kappa shape index (κ1) is 23.2. The topological polar surface area (TPSA) is 118 Å². The van der Waals surface area contributed by atoms with Crippen LogP contribution in [0.4, 0.5) is 5.82 Å². The van der Waals surface area contributed by atoms with Gasteiger partial charge in [-0.1, -0.05) is 36.4 Å². The number of rotatable bonds is 10. The van der Waals surface area contributed by atoms with E-state index in [0.29, 0.717) is 18.1 Å². The fraction of sp³-hybridized carbons (Fsp3) is 0.280. The quantitative estimate of drug-likeness (QED) is 0.359. The summed E-state index contributed by atoms with van der Waals surface area (Å²) in [7, 11) is 0. The molecule has 7 nitrogen and oxygen atoms in total. The predicted octanol–water partition coefficient (Wildman–Crippen LogP) is 3.68. The van der Waals surface area contributed by atoms with E-state index in [2.05, 4.69) is 10.3 Å². The first-order valence-electron chi connectivity index (χ1n) is 10.6. The van der Waals surface area contributed by atoms with Gasteiger partial charge in [-0.15, -0.1) is 0 Å². The number of pyridine rings is 1. The molecule has 3 aromatic rings. The highest BCUT2D eigenvalue weighted by atomic mass is 16.5. The summed E-state index contributed by atoms with van der Waals surface area (Å²) in [5.74, 6) is -0.209. The summed E-state index contributed by atoms with van der Waals surface area (Å²) in [4.78, 5) is 15.4. The molecule has 0 aliphatic heterocycles. The van der Waals surface area contributed by atoms with Gasteiger partial charge in [0.05, 0.1) is 12.2 Å². The maximum Gasteiger partial charge on any atom is 0.339 e. The minimum atomic E-state index is -1.01. The number of hydrogen-bond donors (Lipinski definition) is 4. The Morgan fingerprint density at radius 2 is 1.81 bits per heavy atom. The van der Waals surface area contributed by atoms with E-state index in [1.807, 2.05) is 38.1 Å². The summed E-state index contributed by atoms with van der Waals surface area (Å²) < 4.78 is 5.70. The van der Waals surface area contributed by atoms with Crippen LogP contribution in [0.2, 0.25) is 0 Å².